The van der Waals surface area contributed by atoms with Gasteiger partial charge in [-0.3, -0.25) is 4.79 Å². The molecule has 0 N–H and O–H groups in total. The largest absolute Gasteiger partial charge is 0.494 e. The Hall–Kier alpha value is -1.71. The summed E-state index contributed by atoms with van der Waals surface area (Å²) < 4.78 is 16.2. The lowest BCUT2D eigenvalue weighted by molar-refractivity contribution is -0.138. The number of esters is 1. The van der Waals surface area contributed by atoms with Gasteiger partial charge in [0.05, 0.1) is 19.1 Å². The van der Waals surface area contributed by atoms with E-state index in [1.807, 2.05) is 27.7 Å². The molecule has 0 aliphatic carbocycles. The van der Waals surface area contributed by atoms with Gasteiger partial charge in [0, 0.05) is 18.2 Å². The van der Waals surface area contributed by atoms with E-state index in [1.54, 1.807) is 18.2 Å². The van der Waals surface area contributed by atoms with Crippen molar-refractivity contribution in [3.05, 3.63) is 18.2 Å². The molecule has 0 radical (unpaired) electrons. The average Bonchev–Trinajstić information content (AvgIpc) is 2.38. The van der Waals surface area contributed by atoms with Gasteiger partial charge in [0.2, 0.25) is 0 Å². The molecule has 19 heavy (non-hydrogen) atoms. The van der Waals surface area contributed by atoms with Crippen LogP contribution in [0.3, 0.4) is 0 Å². The van der Waals surface area contributed by atoms with E-state index in [4.69, 9.17) is 14.2 Å². The van der Waals surface area contributed by atoms with E-state index in [0.29, 0.717) is 30.5 Å². The van der Waals surface area contributed by atoms with E-state index >= 15 is 0 Å². The standard InChI is InChI=1S/C15H22O4/c1-5-11(4)15(16)19-14-9-12(17-6-2)8-13(10-14)18-7-3/h8-11H,5-7H2,1-4H3. The number of rotatable bonds is 7. The fourth-order valence-electron chi connectivity index (χ4n) is 1.49. The van der Waals surface area contributed by atoms with E-state index in [0.717, 1.165) is 6.42 Å². The minimum atomic E-state index is -0.237. The van der Waals surface area contributed by atoms with Crippen molar-refractivity contribution in [2.24, 2.45) is 5.92 Å². The van der Waals surface area contributed by atoms with Crippen LogP contribution in [0.4, 0.5) is 0 Å². The van der Waals surface area contributed by atoms with Crippen LogP contribution in [-0.4, -0.2) is 19.2 Å². The topological polar surface area (TPSA) is 44.8 Å². The van der Waals surface area contributed by atoms with Crippen molar-refractivity contribution in [1.82, 2.24) is 0 Å². The van der Waals surface area contributed by atoms with E-state index in [9.17, 15) is 4.79 Å². The SMILES string of the molecule is CCOc1cc(OCC)cc(OC(=O)C(C)CC)c1. The molecular weight excluding hydrogens is 244 g/mol. The molecule has 0 bridgehead atoms. The van der Waals surface area contributed by atoms with Crippen molar-refractivity contribution >= 4 is 5.97 Å². The third kappa shape index (κ3) is 4.81. The smallest absolute Gasteiger partial charge is 0.314 e. The highest BCUT2D eigenvalue weighted by atomic mass is 16.5. The van der Waals surface area contributed by atoms with Crippen molar-refractivity contribution in [3.8, 4) is 17.2 Å². The third-order valence-corrected chi connectivity index (χ3v) is 2.71. The minimum Gasteiger partial charge on any atom is -0.494 e. The first kappa shape index (κ1) is 15.3. The van der Waals surface area contributed by atoms with Gasteiger partial charge in [-0.1, -0.05) is 13.8 Å². The summed E-state index contributed by atoms with van der Waals surface area (Å²) in [5, 5.41) is 0. The maximum atomic E-state index is 11.8. The van der Waals surface area contributed by atoms with Gasteiger partial charge in [0.25, 0.3) is 0 Å². The Labute approximate surface area is 114 Å². The molecule has 0 aliphatic heterocycles. The highest BCUT2D eigenvalue weighted by molar-refractivity contribution is 5.75. The highest BCUT2D eigenvalue weighted by Gasteiger charge is 2.14. The fraction of sp³-hybridized carbons (Fsp3) is 0.533. The minimum absolute atomic E-state index is 0.119. The number of carbonyl (C=O) groups excluding carboxylic acids is 1. The lowest BCUT2D eigenvalue weighted by Crippen LogP contribution is -2.17. The van der Waals surface area contributed by atoms with Gasteiger partial charge in [0.15, 0.2) is 0 Å². The number of ether oxygens (including phenoxy) is 3. The lowest BCUT2D eigenvalue weighted by Gasteiger charge is -2.12. The van der Waals surface area contributed by atoms with Gasteiger partial charge in [-0.15, -0.1) is 0 Å². The maximum Gasteiger partial charge on any atom is 0.314 e. The third-order valence-electron chi connectivity index (χ3n) is 2.71. The van der Waals surface area contributed by atoms with E-state index in [-0.39, 0.29) is 11.9 Å². The number of benzene rings is 1. The molecule has 0 fully saturated rings. The second-order valence-electron chi connectivity index (χ2n) is 4.24. The molecular formula is C15H22O4. The van der Waals surface area contributed by atoms with Crippen LogP contribution in [0, 0.1) is 5.92 Å². The number of hydrogen-bond donors (Lipinski definition) is 0. The molecule has 1 unspecified atom stereocenters. The molecule has 0 amide bonds. The Bertz CT molecular complexity index is 390. The van der Waals surface area contributed by atoms with Crippen molar-refractivity contribution in [3.63, 3.8) is 0 Å². The van der Waals surface area contributed by atoms with Gasteiger partial charge in [-0.05, 0) is 20.3 Å². The molecule has 0 spiro atoms. The van der Waals surface area contributed by atoms with E-state index < -0.39 is 0 Å². The molecule has 0 saturated heterocycles. The van der Waals surface area contributed by atoms with Crippen LogP contribution in [0.25, 0.3) is 0 Å². The van der Waals surface area contributed by atoms with Gasteiger partial charge in [0.1, 0.15) is 17.2 Å². The maximum absolute atomic E-state index is 11.8. The molecule has 1 aromatic carbocycles. The van der Waals surface area contributed by atoms with Gasteiger partial charge in [-0.25, -0.2) is 0 Å². The molecule has 0 heterocycles. The van der Waals surface area contributed by atoms with Crippen LogP contribution in [-0.2, 0) is 4.79 Å². The molecule has 4 nitrogen and oxygen atoms in total. The van der Waals surface area contributed by atoms with E-state index in [2.05, 4.69) is 0 Å². The van der Waals surface area contributed by atoms with Crippen LogP contribution in [0.15, 0.2) is 18.2 Å². The average molecular weight is 266 g/mol. The summed E-state index contributed by atoms with van der Waals surface area (Å²) in [5.74, 6) is 1.38. The van der Waals surface area contributed by atoms with Crippen molar-refractivity contribution in [2.45, 2.75) is 34.1 Å². The second-order valence-corrected chi connectivity index (χ2v) is 4.24. The Kier molecular flexibility index (Phi) is 6.19. The molecule has 1 rings (SSSR count). The zero-order valence-corrected chi connectivity index (χ0v) is 12.1. The Balaban J connectivity index is 2.89. The summed E-state index contributed by atoms with van der Waals surface area (Å²) in [5.41, 5.74) is 0. The first-order chi connectivity index (χ1) is 9.10. The van der Waals surface area contributed by atoms with Gasteiger partial charge >= 0.3 is 5.97 Å². The van der Waals surface area contributed by atoms with Crippen LogP contribution in [0.2, 0.25) is 0 Å². The summed E-state index contributed by atoms with van der Waals surface area (Å²) in [6.07, 6.45) is 0.752. The predicted octanol–water partition coefficient (Wildman–Crippen LogP) is 3.44. The van der Waals surface area contributed by atoms with Crippen LogP contribution in [0.5, 0.6) is 17.2 Å². The summed E-state index contributed by atoms with van der Waals surface area (Å²) in [4.78, 5) is 11.8. The fourth-order valence-corrected chi connectivity index (χ4v) is 1.49. The normalized spacial score (nSPS) is 11.8. The van der Waals surface area contributed by atoms with Crippen molar-refractivity contribution in [1.29, 1.82) is 0 Å². The molecule has 106 valence electrons. The molecule has 1 aromatic rings. The van der Waals surface area contributed by atoms with Crippen LogP contribution in [0.1, 0.15) is 34.1 Å². The Morgan fingerprint density at radius 1 is 1.00 bits per heavy atom. The highest BCUT2D eigenvalue weighted by Crippen LogP contribution is 2.28. The zero-order chi connectivity index (χ0) is 14.3. The molecule has 0 aromatic heterocycles. The summed E-state index contributed by atoms with van der Waals surface area (Å²) in [6.45, 7) is 8.70. The zero-order valence-electron chi connectivity index (χ0n) is 12.1. The van der Waals surface area contributed by atoms with E-state index in [1.165, 1.54) is 0 Å². The number of carbonyl (C=O) groups is 1. The summed E-state index contributed by atoms with van der Waals surface area (Å²) in [7, 11) is 0. The van der Waals surface area contributed by atoms with Gasteiger partial charge < -0.3 is 14.2 Å². The van der Waals surface area contributed by atoms with Gasteiger partial charge in [-0.2, -0.15) is 0 Å². The van der Waals surface area contributed by atoms with Crippen LogP contribution < -0.4 is 14.2 Å². The Morgan fingerprint density at radius 2 is 1.47 bits per heavy atom. The van der Waals surface area contributed by atoms with Crippen molar-refractivity contribution < 1.29 is 19.0 Å². The monoisotopic (exact) mass is 266 g/mol. The van der Waals surface area contributed by atoms with Crippen molar-refractivity contribution in [2.75, 3.05) is 13.2 Å². The first-order valence-electron chi connectivity index (χ1n) is 6.73. The predicted molar refractivity (Wildman–Crippen MR) is 73.9 cm³/mol. The Morgan fingerprint density at radius 3 is 1.89 bits per heavy atom. The lowest BCUT2D eigenvalue weighted by atomic mass is 10.1. The summed E-state index contributed by atoms with van der Waals surface area (Å²) in [6, 6.07) is 5.19. The second kappa shape index (κ2) is 7.67. The van der Waals surface area contributed by atoms with Crippen LogP contribution >= 0.6 is 0 Å². The molecule has 0 saturated carbocycles. The summed E-state index contributed by atoms with van der Waals surface area (Å²) >= 11 is 0. The molecule has 0 aliphatic rings. The molecule has 4 heteroatoms. The quantitative estimate of drug-likeness (QED) is 0.560. The first-order valence-corrected chi connectivity index (χ1v) is 6.73. The number of hydrogen-bond acceptors (Lipinski definition) is 4. The molecule has 1 atom stereocenters.